The van der Waals surface area contributed by atoms with Crippen LogP contribution < -0.4 is 10.6 Å². The lowest BCUT2D eigenvalue weighted by Gasteiger charge is -2.10. The van der Waals surface area contributed by atoms with Gasteiger partial charge < -0.3 is 10.6 Å². The SMILES string of the molecule is CNc1ncc(Br)c(Nc2cccc(F)c2C#N)n1. The Bertz CT molecular complexity index is 653. The zero-order valence-corrected chi connectivity index (χ0v) is 11.5. The number of benzene rings is 1. The molecule has 2 rings (SSSR count). The van der Waals surface area contributed by atoms with Gasteiger partial charge in [-0.3, -0.25) is 0 Å². The fourth-order valence-electron chi connectivity index (χ4n) is 1.44. The summed E-state index contributed by atoms with van der Waals surface area (Å²) >= 11 is 3.29. The number of halogens is 2. The first-order chi connectivity index (χ1) is 9.15. The first-order valence-electron chi connectivity index (χ1n) is 5.31. The number of rotatable bonds is 3. The van der Waals surface area contributed by atoms with Crippen LogP contribution in [-0.4, -0.2) is 17.0 Å². The Kier molecular flexibility index (Phi) is 3.92. The molecule has 0 bridgehead atoms. The predicted molar refractivity (Wildman–Crippen MR) is 73.7 cm³/mol. The van der Waals surface area contributed by atoms with E-state index < -0.39 is 5.82 Å². The lowest BCUT2D eigenvalue weighted by atomic mass is 10.2. The number of nitriles is 1. The Morgan fingerprint density at radius 1 is 1.42 bits per heavy atom. The molecule has 96 valence electrons. The topological polar surface area (TPSA) is 73.6 Å². The van der Waals surface area contributed by atoms with E-state index in [2.05, 4.69) is 36.5 Å². The van der Waals surface area contributed by atoms with Crippen LogP contribution in [0.3, 0.4) is 0 Å². The Morgan fingerprint density at radius 2 is 2.21 bits per heavy atom. The first kappa shape index (κ1) is 13.2. The molecule has 1 aromatic carbocycles. The van der Waals surface area contributed by atoms with Gasteiger partial charge in [0.25, 0.3) is 0 Å². The second kappa shape index (κ2) is 5.63. The summed E-state index contributed by atoms with van der Waals surface area (Å²) in [7, 11) is 1.69. The average Bonchev–Trinajstić information content (AvgIpc) is 2.41. The van der Waals surface area contributed by atoms with Crippen molar-refractivity contribution in [2.75, 3.05) is 17.7 Å². The number of nitrogens with one attached hydrogen (secondary N) is 2. The summed E-state index contributed by atoms with van der Waals surface area (Å²) < 4.78 is 14.1. The van der Waals surface area contributed by atoms with Crippen molar-refractivity contribution in [2.24, 2.45) is 0 Å². The maximum absolute atomic E-state index is 13.5. The minimum absolute atomic E-state index is 0.0565. The van der Waals surface area contributed by atoms with Crippen LogP contribution in [0.4, 0.5) is 21.8 Å². The molecule has 0 aliphatic rings. The second-order valence-corrected chi connectivity index (χ2v) is 4.39. The standard InChI is InChI=1S/C12H9BrFN5/c1-16-12-17-6-8(13)11(19-12)18-10-4-2-3-9(14)7(10)5-15/h2-4,6H,1H3,(H2,16,17,18,19). The van der Waals surface area contributed by atoms with E-state index in [1.165, 1.54) is 12.1 Å². The molecule has 0 fully saturated rings. The minimum atomic E-state index is -0.577. The van der Waals surface area contributed by atoms with E-state index in [9.17, 15) is 4.39 Å². The van der Waals surface area contributed by atoms with Crippen molar-refractivity contribution in [3.8, 4) is 6.07 Å². The van der Waals surface area contributed by atoms with Crippen LogP contribution in [0.15, 0.2) is 28.9 Å². The summed E-state index contributed by atoms with van der Waals surface area (Å²) in [5.74, 6) is 0.286. The van der Waals surface area contributed by atoms with E-state index in [4.69, 9.17) is 5.26 Å². The van der Waals surface area contributed by atoms with Crippen molar-refractivity contribution in [1.29, 1.82) is 5.26 Å². The first-order valence-corrected chi connectivity index (χ1v) is 6.11. The summed E-state index contributed by atoms with van der Waals surface area (Å²) in [5, 5.41) is 14.7. The van der Waals surface area contributed by atoms with Crippen LogP contribution in [0.1, 0.15) is 5.56 Å². The summed E-state index contributed by atoms with van der Waals surface area (Å²) in [4.78, 5) is 8.19. The van der Waals surface area contributed by atoms with Gasteiger partial charge in [0.2, 0.25) is 5.95 Å². The van der Waals surface area contributed by atoms with E-state index >= 15 is 0 Å². The van der Waals surface area contributed by atoms with Crippen LogP contribution in [0, 0.1) is 17.1 Å². The van der Waals surface area contributed by atoms with E-state index in [-0.39, 0.29) is 5.56 Å². The number of anilines is 3. The van der Waals surface area contributed by atoms with Gasteiger partial charge in [0.15, 0.2) is 0 Å². The maximum atomic E-state index is 13.5. The average molecular weight is 322 g/mol. The molecule has 0 saturated heterocycles. The van der Waals surface area contributed by atoms with Crippen LogP contribution >= 0.6 is 15.9 Å². The van der Waals surface area contributed by atoms with E-state index in [1.54, 1.807) is 19.3 Å². The summed E-state index contributed by atoms with van der Waals surface area (Å²) in [6.07, 6.45) is 1.56. The van der Waals surface area contributed by atoms with Crippen LogP contribution in [0.25, 0.3) is 0 Å². The van der Waals surface area contributed by atoms with Gasteiger partial charge in [0, 0.05) is 13.2 Å². The number of hydrogen-bond acceptors (Lipinski definition) is 5. The zero-order valence-electron chi connectivity index (χ0n) is 9.91. The largest absolute Gasteiger partial charge is 0.357 e. The fourth-order valence-corrected chi connectivity index (χ4v) is 1.73. The van der Waals surface area contributed by atoms with Crippen molar-refractivity contribution in [3.05, 3.63) is 40.2 Å². The molecule has 1 heterocycles. The van der Waals surface area contributed by atoms with Gasteiger partial charge in [-0.1, -0.05) is 6.07 Å². The van der Waals surface area contributed by atoms with Crippen molar-refractivity contribution in [1.82, 2.24) is 9.97 Å². The minimum Gasteiger partial charge on any atom is -0.357 e. The lowest BCUT2D eigenvalue weighted by molar-refractivity contribution is 0.624. The van der Waals surface area contributed by atoms with Crippen LogP contribution in [0.5, 0.6) is 0 Å². The Labute approximate surface area is 117 Å². The molecule has 0 unspecified atom stereocenters. The molecular formula is C12H9BrFN5. The third kappa shape index (κ3) is 2.80. The van der Waals surface area contributed by atoms with Gasteiger partial charge in [-0.15, -0.1) is 0 Å². The van der Waals surface area contributed by atoms with E-state index in [1.807, 2.05) is 6.07 Å². The third-order valence-electron chi connectivity index (χ3n) is 2.35. The molecule has 0 saturated carbocycles. The molecule has 0 aliphatic heterocycles. The fraction of sp³-hybridized carbons (Fsp3) is 0.0833. The third-order valence-corrected chi connectivity index (χ3v) is 2.93. The summed E-state index contributed by atoms with van der Waals surface area (Å²) in [6, 6.07) is 6.18. The molecule has 0 aliphatic carbocycles. The lowest BCUT2D eigenvalue weighted by Crippen LogP contribution is -2.02. The Hall–Kier alpha value is -2.20. The number of hydrogen-bond donors (Lipinski definition) is 2. The highest BCUT2D eigenvalue weighted by atomic mass is 79.9. The van der Waals surface area contributed by atoms with Gasteiger partial charge in [-0.05, 0) is 28.1 Å². The highest BCUT2D eigenvalue weighted by Crippen LogP contribution is 2.26. The van der Waals surface area contributed by atoms with Gasteiger partial charge in [-0.2, -0.15) is 10.2 Å². The Balaban J connectivity index is 2.42. The van der Waals surface area contributed by atoms with Crippen molar-refractivity contribution in [2.45, 2.75) is 0 Å². The molecule has 2 aromatic rings. The molecule has 0 atom stereocenters. The number of nitrogens with zero attached hydrogens (tertiary/aromatic N) is 3. The number of aromatic nitrogens is 2. The monoisotopic (exact) mass is 321 g/mol. The molecule has 2 N–H and O–H groups in total. The summed E-state index contributed by atoms with van der Waals surface area (Å²) in [5.41, 5.74) is 0.294. The molecule has 0 amide bonds. The van der Waals surface area contributed by atoms with Crippen molar-refractivity contribution in [3.63, 3.8) is 0 Å². The molecule has 0 radical (unpaired) electrons. The van der Waals surface area contributed by atoms with Crippen LogP contribution in [-0.2, 0) is 0 Å². The zero-order chi connectivity index (χ0) is 13.8. The van der Waals surface area contributed by atoms with Crippen molar-refractivity contribution < 1.29 is 4.39 Å². The smallest absolute Gasteiger partial charge is 0.224 e. The van der Waals surface area contributed by atoms with Crippen LogP contribution in [0.2, 0.25) is 0 Å². The highest BCUT2D eigenvalue weighted by Gasteiger charge is 2.10. The molecule has 1 aromatic heterocycles. The van der Waals surface area contributed by atoms with Gasteiger partial charge >= 0.3 is 0 Å². The summed E-state index contributed by atoms with van der Waals surface area (Å²) in [6.45, 7) is 0. The van der Waals surface area contributed by atoms with Crippen molar-refractivity contribution >= 4 is 33.4 Å². The molecular weight excluding hydrogens is 313 g/mol. The normalized spacial score (nSPS) is 9.79. The predicted octanol–water partition coefficient (Wildman–Crippen LogP) is 3.04. The van der Waals surface area contributed by atoms with E-state index in [0.29, 0.717) is 21.9 Å². The quantitative estimate of drug-likeness (QED) is 0.909. The van der Waals surface area contributed by atoms with E-state index in [0.717, 1.165) is 0 Å². The molecule has 19 heavy (non-hydrogen) atoms. The molecule has 0 spiro atoms. The second-order valence-electron chi connectivity index (χ2n) is 3.54. The molecule has 7 heteroatoms. The molecule has 5 nitrogen and oxygen atoms in total. The Morgan fingerprint density at radius 3 is 2.89 bits per heavy atom. The van der Waals surface area contributed by atoms with Gasteiger partial charge in [0.05, 0.1) is 10.2 Å². The maximum Gasteiger partial charge on any atom is 0.224 e. The van der Waals surface area contributed by atoms with Gasteiger partial charge in [0.1, 0.15) is 23.3 Å². The highest BCUT2D eigenvalue weighted by molar-refractivity contribution is 9.10. The van der Waals surface area contributed by atoms with Gasteiger partial charge in [-0.25, -0.2) is 9.37 Å².